The number of nitrogens with zero attached hydrogens (tertiary/aromatic N) is 3. The third-order valence-corrected chi connectivity index (χ3v) is 2.61. The first-order valence-electron chi connectivity index (χ1n) is 5.00. The number of hydrogen-bond acceptors (Lipinski definition) is 3. The number of nitrogen functional groups attached to an aromatic ring is 1. The molecule has 0 aliphatic rings. The van der Waals surface area contributed by atoms with Crippen LogP contribution in [0.1, 0.15) is 5.82 Å². The van der Waals surface area contributed by atoms with Gasteiger partial charge >= 0.3 is 0 Å². The van der Waals surface area contributed by atoms with Crippen molar-refractivity contribution in [2.45, 2.75) is 6.92 Å². The molecule has 5 heteroatoms. The predicted octanol–water partition coefficient (Wildman–Crippen LogP) is 1.62. The number of aryl methyl sites for hydroxylation is 1. The maximum absolute atomic E-state index is 5.89. The number of anilines is 1. The lowest BCUT2D eigenvalue weighted by Crippen LogP contribution is -1.96. The summed E-state index contributed by atoms with van der Waals surface area (Å²) in [6, 6.07) is 3.90. The van der Waals surface area contributed by atoms with Gasteiger partial charge < -0.3 is 10.7 Å². The van der Waals surface area contributed by atoms with Gasteiger partial charge in [0.2, 0.25) is 0 Å². The van der Waals surface area contributed by atoms with Crippen molar-refractivity contribution in [3.05, 3.63) is 36.5 Å². The number of aromatic amines is 1. The number of nitrogens with one attached hydrogen (secondary N) is 1. The summed E-state index contributed by atoms with van der Waals surface area (Å²) in [5.74, 6) is 1.39. The molecule has 0 unspecified atom stereocenters. The Labute approximate surface area is 92.0 Å². The second kappa shape index (κ2) is 3.10. The molecule has 0 amide bonds. The lowest BCUT2D eigenvalue weighted by molar-refractivity contribution is 1.03. The topological polar surface area (TPSA) is 72.0 Å². The van der Waals surface area contributed by atoms with Gasteiger partial charge in [0.25, 0.3) is 0 Å². The van der Waals surface area contributed by atoms with Crippen LogP contribution >= 0.6 is 0 Å². The smallest absolute Gasteiger partial charge is 0.150 e. The van der Waals surface area contributed by atoms with Crippen molar-refractivity contribution in [3.63, 3.8) is 0 Å². The van der Waals surface area contributed by atoms with Crippen molar-refractivity contribution >= 4 is 11.3 Å². The lowest BCUT2D eigenvalue weighted by atomic mass is 10.3. The highest BCUT2D eigenvalue weighted by Gasteiger charge is 2.13. The van der Waals surface area contributed by atoms with Crippen molar-refractivity contribution < 1.29 is 0 Å². The maximum atomic E-state index is 5.89. The minimum absolute atomic E-state index is 0.493. The molecule has 0 aliphatic heterocycles. The lowest BCUT2D eigenvalue weighted by Gasteiger charge is -1.99. The summed E-state index contributed by atoms with van der Waals surface area (Å²) in [5, 5.41) is 0. The first-order chi connectivity index (χ1) is 7.77. The second-order valence-electron chi connectivity index (χ2n) is 3.62. The monoisotopic (exact) mass is 213 g/mol. The van der Waals surface area contributed by atoms with Crippen molar-refractivity contribution in [1.29, 1.82) is 0 Å². The van der Waals surface area contributed by atoms with Crippen LogP contribution in [0.5, 0.6) is 0 Å². The van der Waals surface area contributed by atoms with E-state index in [0.29, 0.717) is 5.82 Å². The van der Waals surface area contributed by atoms with E-state index in [-0.39, 0.29) is 0 Å². The van der Waals surface area contributed by atoms with Crippen LogP contribution in [-0.2, 0) is 0 Å². The van der Waals surface area contributed by atoms with Gasteiger partial charge in [-0.1, -0.05) is 0 Å². The van der Waals surface area contributed by atoms with Gasteiger partial charge in [0, 0.05) is 18.6 Å². The molecule has 0 aliphatic carbocycles. The van der Waals surface area contributed by atoms with Gasteiger partial charge in [-0.2, -0.15) is 0 Å². The molecule has 0 atom stereocenters. The quantitative estimate of drug-likeness (QED) is 0.645. The van der Waals surface area contributed by atoms with Crippen LogP contribution < -0.4 is 5.73 Å². The molecule has 3 N–H and O–H groups in total. The van der Waals surface area contributed by atoms with Gasteiger partial charge in [-0.15, -0.1) is 0 Å². The van der Waals surface area contributed by atoms with E-state index >= 15 is 0 Å². The predicted molar refractivity (Wildman–Crippen MR) is 61.9 cm³/mol. The molecule has 80 valence electrons. The first kappa shape index (κ1) is 8.96. The number of nitrogens with two attached hydrogens (primary N) is 1. The second-order valence-corrected chi connectivity index (χ2v) is 3.62. The fraction of sp³-hybridized carbons (Fsp3) is 0.0909. The molecule has 0 radical (unpaired) electrons. The number of fused-ring (bicyclic) bond motifs is 1. The van der Waals surface area contributed by atoms with E-state index in [1.54, 1.807) is 6.20 Å². The molecule has 3 rings (SSSR count). The fourth-order valence-corrected chi connectivity index (χ4v) is 1.88. The Balaban J connectivity index is 2.42. The summed E-state index contributed by atoms with van der Waals surface area (Å²) < 4.78 is 1.94. The molecule has 0 aromatic carbocycles. The Morgan fingerprint density at radius 2 is 2.31 bits per heavy atom. The molecule has 0 saturated heterocycles. The summed E-state index contributed by atoms with van der Waals surface area (Å²) in [6.45, 7) is 1.94. The van der Waals surface area contributed by atoms with Gasteiger partial charge in [0.1, 0.15) is 22.9 Å². The highest BCUT2D eigenvalue weighted by Crippen LogP contribution is 2.26. The van der Waals surface area contributed by atoms with Gasteiger partial charge in [0.05, 0.1) is 5.69 Å². The van der Waals surface area contributed by atoms with Crippen LogP contribution in [-0.4, -0.2) is 19.4 Å². The molecular weight excluding hydrogens is 202 g/mol. The third-order valence-electron chi connectivity index (χ3n) is 2.61. The number of hydrogen-bond donors (Lipinski definition) is 2. The van der Waals surface area contributed by atoms with Crippen LogP contribution in [0.4, 0.5) is 5.82 Å². The van der Waals surface area contributed by atoms with E-state index in [2.05, 4.69) is 15.0 Å². The number of H-pyrrole nitrogens is 1. The number of rotatable bonds is 1. The normalized spacial score (nSPS) is 11.1. The van der Waals surface area contributed by atoms with E-state index in [4.69, 9.17) is 5.73 Å². The van der Waals surface area contributed by atoms with E-state index in [0.717, 1.165) is 22.7 Å². The molecule has 0 saturated carbocycles. The van der Waals surface area contributed by atoms with Gasteiger partial charge in [-0.05, 0) is 19.1 Å². The van der Waals surface area contributed by atoms with Crippen molar-refractivity contribution in [2.24, 2.45) is 0 Å². The van der Waals surface area contributed by atoms with Crippen molar-refractivity contribution in [2.75, 3.05) is 5.73 Å². The summed E-state index contributed by atoms with van der Waals surface area (Å²) in [5.41, 5.74) is 8.53. The minimum atomic E-state index is 0.493. The van der Waals surface area contributed by atoms with E-state index in [9.17, 15) is 0 Å². The molecule has 0 fully saturated rings. The summed E-state index contributed by atoms with van der Waals surface area (Å²) in [7, 11) is 0. The molecule has 3 aromatic heterocycles. The minimum Gasteiger partial charge on any atom is -0.382 e. The summed E-state index contributed by atoms with van der Waals surface area (Å²) in [6.07, 6.45) is 5.40. The largest absolute Gasteiger partial charge is 0.382 e. The van der Waals surface area contributed by atoms with Crippen LogP contribution in [0.15, 0.2) is 30.7 Å². The van der Waals surface area contributed by atoms with Crippen LogP contribution in [0, 0.1) is 6.92 Å². The standard InChI is InChI=1S/C11H11N5/c1-7-15-9(8-3-2-4-13-8)10-11(12)14-5-6-16(7)10/h2-6,13H,1H3,(H2,12,14). The molecule has 0 bridgehead atoms. The Morgan fingerprint density at radius 3 is 3.06 bits per heavy atom. The Bertz CT molecular complexity index is 636. The SMILES string of the molecule is Cc1nc(-c2ccc[nH]2)c2c(N)nccn12. The van der Waals surface area contributed by atoms with E-state index in [1.165, 1.54) is 0 Å². The van der Waals surface area contributed by atoms with Gasteiger partial charge in [-0.25, -0.2) is 9.97 Å². The molecule has 3 aromatic rings. The molecule has 3 heterocycles. The zero-order chi connectivity index (χ0) is 11.1. The highest BCUT2D eigenvalue weighted by atomic mass is 15.1. The van der Waals surface area contributed by atoms with Crippen molar-refractivity contribution in [1.82, 2.24) is 19.4 Å². The average Bonchev–Trinajstić information content (AvgIpc) is 2.87. The zero-order valence-electron chi connectivity index (χ0n) is 8.81. The first-order valence-corrected chi connectivity index (χ1v) is 5.00. The Kier molecular flexibility index (Phi) is 1.73. The molecular formula is C11H11N5. The number of imidazole rings is 1. The third kappa shape index (κ3) is 1.11. The maximum Gasteiger partial charge on any atom is 0.150 e. The fourth-order valence-electron chi connectivity index (χ4n) is 1.88. The Morgan fingerprint density at radius 1 is 1.44 bits per heavy atom. The van der Waals surface area contributed by atoms with E-state index < -0.39 is 0 Å². The summed E-state index contributed by atoms with van der Waals surface area (Å²) >= 11 is 0. The van der Waals surface area contributed by atoms with Crippen LogP contribution in [0.3, 0.4) is 0 Å². The summed E-state index contributed by atoms with van der Waals surface area (Å²) in [4.78, 5) is 11.7. The number of aromatic nitrogens is 4. The van der Waals surface area contributed by atoms with E-state index in [1.807, 2.05) is 35.9 Å². The van der Waals surface area contributed by atoms with Gasteiger partial charge in [-0.3, -0.25) is 4.40 Å². The molecule has 5 nitrogen and oxygen atoms in total. The molecule has 0 spiro atoms. The molecule has 16 heavy (non-hydrogen) atoms. The Hall–Kier alpha value is -2.30. The average molecular weight is 213 g/mol. The zero-order valence-corrected chi connectivity index (χ0v) is 8.81. The van der Waals surface area contributed by atoms with Gasteiger partial charge in [0.15, 0.2) is 0 Å². The van der Waals surface area contributed by atoms with Crippen molar-refractivity contribution in [3.8, 4) is 11.4 Å². The highest BCUT2D eigenvalue weighted by molar-refractivity contribution is 5.83. The van der Waals surface area contributed by atoms with Crippen LogP contribution in [0.25, 0.3) is 16.9 Å². The van der Waals surface area contributed by atoms with Crippen LogP contribution in [0.2, 0.25) is 0 Å².